The number of aromatic nitrogens is 2. The van der Waals surface area contributed by atoms with E-state index in [1.54, 1.807) is 15.6 Å². The van der Waals surface area contributed by atoms with Gasteiger partial charge < -0.3 is 10.2 Å². The second kappa shape index (κ2) is 8.90. The van der Waals surface area contributed by atoms with Crippen LogP contribution in [0.15, 0.2) is 65.6 Å². The molecule has 0 saturated carbocycles. The van der Waals surface area contributed by atoms with Gasteiger partial charge in [-0.3, -0.25) is 19.1 Å². The Morgan fingerprint density at radius 1 is 1.07 bits per heavy atom. The van der Waals surface area contributed by atoms with Crippen LogP contribution < -0.4 is 10.7 Å². The minimum absolute atomic E-state index is 0.00297. The summed E-state index contributed by atoms with van der Waals surface area (Å²) in [5, 5.41) is 7.71. The average Bonchev–Trinajstić information content (AvgIpc) is 2.79. The maximum absolute atomic E-state index is 12.8. The fourth-order valence-corrected chi connectivity index (χ4v) is 3.88. The molecule has 2 aromatic carbocycles. The molecular weight excluding hydrogens is 380 g/mol. The number of anilines is 1. The average molecular weight is 404 g/mol. The predicted octanol–water partition coefficient (Wildman–Crippen LogP) is 2.66. The molecule has 2 heterocycles. The van der Waals surface area contributed by atoms with Gasteiger partial charge in [-0.15, -0.1) is 0 Å². The van der Waals surface area contributed by atoms with Crippen LogP contribution in [0.5, 0.6) is 0 Å². The Kier molecular flexibility index (Phi) is 5.88. The largest absolute Gasteiger partial charge is 0.342 e. The first-order valence-electron chi connectivity index (χ1n) is 10.2. The van der Waals surface area contributed by atoms with Gasteiger partial charge in [0.15, 0.2) is 0 Å². The lowest BCUT2D eigenvalue weighted by molar-refractivity contribution is -0.134. The number of likely N-dealkylation sites (tertiary alicyclic amines) is 1. The van der Waals surface area contributed by atoms with Crippen molar-refractivity contribution >= 4 is 28.4 Å². The molecule has 2 amide bonds. The highest BCUT2D eigenvalue weighted by Gasteiger charge is 2.28. The highest BCUT2D eigenvalue weighted by molar-refractivity contribution is 5.93. The standard InChI is InChI=1S/C23H24N4O3/c28-21-15-24-27(20-11-5-4-10-19(20)21)14-12-22(29)26-13-6-7-17(16-26)23(30)25-18-8-2-1-3-9-18/h1-5,8-11,15,17H,6-7,12-14,16H2,(H,25,30). The molecule has 30 heavy (non-hydrogen) atoms. The Labute approximate surface area is 174 Å². The number of carbonyl (C=O) groups is 2. The van der Waals surface area contributed by atoms with E-state index in [0.717, 1.165) is 24.0 Å². The molecule has 4 rings (SSSR count). The number of nitrogens with one attached hydrogen (secondary N) is 1. The molecule has 0 radical (unpaired) electrons. The number of para-hydroxylation sites is 2. The number of benzene rings is 2. The molecule has 1 atom stereocenters. The Hall–Kier alpha value is -3.48. The molecule has 1 aliphatic heterocycles. The summed E-state index contributed by atoms with van der Waals surface area (Å²) in [4.78, 5) is 39.1. The Bertz CT molecular complexity index is 1110. The van der Waals surface area contributed by atoms with Crippen LogP contribution >= 0.6 is 0 Å². The summed E-state index contributed by atoms with van der Waals surface area (Å²) in [5.74, 6) is -0.266. The molecule has 1 aromatic heterocycles. The van der Waals surface area contributed by atoms with Gasteiger partial charge in [0.25, 0.3) is 0 Å². The number of hydrogen-bond acceptors (Lipinski definition) is 4. The molecular formula is C23H24N4O3. The second-order valence-electron chi connectivity index (χ2n) is 7.53. The maximum atomic E-state index is 12.8. The number of piperidine rings is 1. The van der Waals surface area contributed by atoms with E-state index in [2.05, 4.69) is 10.4 Å². The lowest BCUT2D eigenvalue weighted by atomic mass is 9.96. The SMILES string of the molecule is O=C(Nc1ccccc1)C1CCCN(C(=O)CCn2ncc(=O)c3ccccc32)C1. The molecule has 1 fully saturated rings. The molecule has 1 unspecified atom stereocenters. The Morgan fingerprint density at radius 3 is 2.67 bits per heavy atom. The van der Waals surface area contributed by atoms with E-state index in [9.17, 15) is 14.4 Å². The number of rotatable bonds is 5. The third-order valence-corrected chi connectivity index (χ3v) is 5.49. The van der Waals surface area contributed by atoms with Gasteiger partial charge in [0, 0.05) is 30.6 Å². The molecule has 7 nitrogen and oxygen atoms in total. The normalized spacial score (nSPS) is 16.4. The smallest absolute Gasteiger partial charge is 0.229 e. The predicted molar refractivity (Wildman–Crippen MR) is 115 cm³/mol. The zero-order chi connectivity index (χ0) is 20.9. The number of nitrogens with zero attached hydrogens (tertiary/aromatic N) is 3. The first-order chi connectivity index (χ1) is 14.6. The van der Waals surface area contributed by atoms with Crippen LogP contribution in [0.4, 0.5) is 5.69 Å². The van der Waals surface area contributed by atoms with Crippen molar-refractivity contribution in [3.8, 4) is 0 Å². The van der Waals surface area contributed by atoms with Crippen LogP contribution in [-0.4, -0.2) is 39.6 Å². The summed E-state index contributed by atoms with van der Waals surface area (Å²) in [6.45, 7) is 1.47. The van der Waals surface area contributed by atoms with Crippen molar-refractivity contribution in [1.82, 2.24) is 14.7 Å². The van der Waals surface area contributed by atoms with Gasteiger partial charge in [-0.1, -0.05) is 30.3 Å². The number of hydrogen-bond donors (Lipinski definition) is 1. The van der Waals surface area contributed by atoms with Crippen molar-refractivity contribution in [2.45, 2.75) is 25.8 Å². The van der Waals surface area contributed by atoms with Crippen LogP contribution in [-0.2, 0) is 16.1 Å². The lowest BCUT2D eigenvalue weighted by Gasteiger charge is -2.32. The van der Waals surface area contributed by atoms with E-state index < -0.39 is 0 Å². The maximum Gasteiger partial charge on any atom is 0.229 e. The highest BCUT2D eigenvalue weighted by atomic mass is 16.2. The first-order valence-corrected chi connectivity index (χ1v) is 10.2. The quantitative estimate of drug-likeness (QED) is 0.709. The van der Waals surface area contributed by atoms with Crippen LogP contribution in [0.3, 0.4) is 0 Å². The van der Waals surface area contributed by atoms with Crippen LogP contribution in [0.1, 0.15) is 19.3 Å². The van der Waals surface area contributed by atoms with Gasteiger partial charge in [-0.05, 0) is 37.1 Å². The zero-order valence-electron chi connectivity index (χ0n) is 16.7. The van der Waals surface area contributed by atoms with E-state index in [0.29, 0.717) is 25.0 Å². The van der Waals surface area contributed by atoms with Gasteiger partial charge in [-0.25, -0.2) is 0 Å². The lowest BCUT2D eigenvalue weighted by Crippen LogP contribution is -2.44. The van der Waals surface area contributed by atoms with Crippen molar-refractivity contribution < 1.29 is 9.59 Å². The van der Waals surface area contributed by atoms with E-state index in [1.165, 1.54) is 6.20 Å². The minimum atomic E-state index is -0.214. The van der Waals surface area contributed by atoms with Crippen molar-refractivity contribution in [3.05, 3.63) is 71.0 Å². The molecule has 0 bridgehead atoms. The molecule has 1 N–H and O–H groups in total. The van der Waals surface area contributed by atoms with Gasteiger partial charge in [-0.2, -0.15) is 5.10 Å². The zero-order valence-corrected chi connectivity index (χ0v) is 16.7. The number of aryl methyl sites for hydroxylation is 1. The summed E-state index contributed by atoms with van der Waals surface area (Å²) in [6.07, 6.45) is 3.14. The third-order valence-electron chi connectivity index (χ3n) is 5.49. The number of amides is 2. The number of carbonyl (C=O) groups excluding carboxylic acids is 2. The summed E-state index contributed by atoms with van der Waals surface area (Å²) >= 11 is 0. The van der Waals surface area contributed by atoms with Crippen molar-refractivity contribution in [1.29, 1.82) is 0 Å². The second-order valence-corrected chi connectivity index (χ2v) is 7.53. The molecule has 1 saturated heterocycles. The molecule has 0 spiro atoms. The summed E-state index contributed by atoms with van der Waals surface area (Å²) in [7, 11) is 0. The van der Waals surface area contributed by atoms with Crippen LogP contribution in [0.2, 0.25) is 0 Å². The van der Waals surface area contributed by atoms with Crippen LogP contribution in [0, 0.1) is 5.92 Å². The van der Waals surface area contributed by atoms with E-state index >= 15 is 0 Å². The van der Waals surface area contributed by atoms with Gasteiger partial charge in [0.1, 0.15) is 0 Å². The molecule has 0 aliphatic carbocycles. The van der Waals surface area contributed by atoms with E-state index in [1.807, 2.05) is 48.5 Å². The fraction of sp³-hybridized carbons (Fsp3) is 0.304. The third kappa shape index (κ3) is 4.40. The molecule has 154 valence electrons. The molecule has 1 aliphatic rings. The molecule has 3 aromatic rings. The Balaban J connectivity index is 1.37. The minimum Gasteiger partial charge on any atom is -0.342 e. The summed E-state index contributed by atoms with van der Waals surface area (Å²) in [6, 6.07) is 16.6. The molecule has 7 heteroatoms. The van der Waals surface area contributed by atoms with Crippen LogP contribution in [0.25, 0.3) is 10.9 Å². The number of fused-ring (bicyclic) bond motifs is 1. The Morgan fingerprint density at radius 2 is 1.83 bits per heavy atom. The fourth-order valence-electron chi connectivity index (χ4n) is 3.88. The summed E-state index contributed by atoms with van der Waals surface area (Å²) < 4.78 is 1.69. The highest BCUT2D eigenvalue weighted by Crippen LogP contribution is 2.20. The summed E-state index contributed by atoms with van der Waals surface area (Å²) in [5.41, 5.74) is 1.36. The van der Waals surface area contributed by atoms with Gasteiger partial charge in [0.2, 0.25) is 17.2 Å². The van der Waals surface area contributed by atoms with Crippen molar-refractivity contribution in [3.63, 3.8) is 0 Å². The van der Waals surface area contributed by atoms with Gasteiger partial charge in [0.05, 0.1) is 24.2 Å². The van der Waals surface area contributed by atoms with Crippen molar-refractivity contribution in [2.75, 3.05) is 18.4 Å². The van der Waals surface area contributed by atoms with Gasteiger partial charge >= 0.3 is 0 Å². The first kappa shape index (κ1) is 19.8. The van der Waals surface area contributed by atoms with E-state index in [-0.39, 0.29) is 29.6 Å². The van der Waals surface area contributed by atoms with Crippen molar-refractivity contribution in [2.24, 2.45) is 5.92 Å². The van der Waals surface area contributed by atoms with E-state index in [4.69, 9.17) is 0 Å². The topological polar surface area (TPSA) is 84.3 Å². The monoisotopic (exact) mass is 404 g/mol.